The van der Waals surface area contributed by atoms with Gasteiger partial charge < -0.3 is 159 Å². The molecule has 2 aromatic carbocycles. The third-order valence-corrected chi connectivity index (χ3v) is 23.1. The molecule has 1 saturated heterocycles. The second kappa shape index (κ2) is 89.4. The molecule has 2 aromatic rings. The van der Waals surface area contributed by atoms with Crippen LogP contribution >= 0.6 is 11.6 Å². The number of epoxide rings is 1. The lowest BCUT2D eigenvalue weighted by Crippen LogP contribution is -2.51. The van der Waals surface area contributed by atoms with Gasteiger partial charge in [-0.1, -0.05) is 89.0 Å². The van der Waals surface area contributed by atoms with Gasteiger partial charge in [-0.05, 0) is 99.6 Å². The third kappa shape index (κ3) is 70.4. The summed E-state index contributed by atoms with van der Waals surface area (Å²) in [5, 5.41) is 11.7. The standard InChI is InChI=1S/C106H177ClN4O37.H2/c1-82(2)77-96-104(119)146-94(17-14-19-98(116)110-91(79-87-23-27-95(122-10)90(107)78-87)103(118)109-81-106(7,8)105(120)147-96)85(6)101-102(148-101)88-24-20-86(21-25-88)22-26-92(113)89(80-93(114)100(83(3)4)111-99(117)18-13-15-84(5)112)16-11-12-29-108-97(115)28-30-123-33-34-125-37-38-127-41-42-129-45-46-131-49-50-133-53-54-135-57-58-137-61-62-139-65-66-141-69-70-143-73-74-145-76-75-144-72-71-142-68-67-140-64-63-138-60-59-136-56-55-134-52-51-132-48-47-130-44-43-128-40-39-126-36-35-124-32-31-121-9;/h14,19-21,23-25,27,78,82-83,85,89,91,94,96,100-102H,11-13,15-18,22,26,28-77,79-81H2,1-10H3,(H,108,115)(H,109,118)(H,110,116)(H,111,117);1H/b19-14+;/t85-,89+,91+,94-,96-,100-,101+,102+;/m0./s1. The molecule has 0 radical (unpaired) electrons. The number of rotatable bonds is 98. The first-order chi connectivity index (χ1) is 71.9. The van der Waals surface area contributed by atoms with Gasteiger partial charge in [0.2, 0.25) is 23.6 Å². The molecule has 4 N–H and O–H groups in total. The predicted molar refractivity (Wildman–Crippen MR) is 549 cm³/mol. The highest BCUT2D eigenvalue weighted by molar-refractivity contribution is 6.32. The Kier molecular flexibility index (Phi) is 80.6. The Morgan fingerprint density at radius 2 is 0.865 bits per heavy atom. The number of benzene rings is 2. The fourth-order valence-electron chi connectivity index (χ4n) is 14.4. The van der Waals surface area contributed by atoms with E-state index < -0.39 is 77.5 Å². The van der Waals surface area contributed by atoms with E-state index in [4.69, 9.17) is 144 Å². The molecule has 2 aliphatic heterocycles. The molecule has 4 rings (SSSR count). The van der Waals surface area contributed by atoms with Crippen LogP contribution in [-0.4, -0.2) is 421 Å². The van der Waals surface area contributed by atoms with Crippen molar-refractivity contribution in [2.24, 2.45) is 29.1 Å². The van der Waals surface area contributed by atoms with Crippen molar-refractivity contribution in [1.82, 2.24) is 21.3 Å². The van der Waals surface area contributed by atoms with Crippen LogP contribution in [0.2, 0.25) is 5.02 Å². The molecule has 148 heavy (non-hydrogen) atoms. The van der Waals surface area contributed by atoms with Crippen LogP contribution in [0.25, 0.3) is 0 Å². The van der Waals surface area contributed by atoms with Gasteiger partial charge in [-0.3, -0.25) is 33.6 Å². The van der Waals surface area contributed by atoms with Crippen LogP contribution in [0.3, 0.4) is 0 Å². The van der Waals surface area contributed by atoms with Crippen molar-refractivity contribution in [1.29, 1.82) is 0 Å². The van der Waals surface area contributed by atoms with Crippen molar-refractivity contribution >= 4 is 64.5 Å². The highest BCUT2D eigenvalue weighted by Gasteiger charge is 2.48. The topological polar surface area (TPSA) is 463 Å². The summed E-state index contributed by atoms with van der Waals surface area (Å²) in [4.78, 5) is 121. The van der Waals surface area contributed by atoms with Crippen LogP contribution in [0.5, 0.6) is 5.75 Å². The molecule has 1 fully saturated rings. The zero-order valence-electron chi connectivity index (χ0n) is 89.8. The number of aryl methyl sites for hydroxylation is 1. The number of cyclic esters (lactones) is 2. The van der Waals surface area contributed by atoms with Crippen LogP contribution in [0.1, 0.15) is 150 Å². The van der Waals surface area contributed by atoms with Gasteiger partial charge in [-0.25, -0.2) is 4.79 Å². The number of carbonyl (C=O) groups is 9. The number of amides is 4. The summed E-state index contributed by atoms with van der Waals surface area (Å²) in [6, 6.07) is 10.8. The number of hydrogen-bond donors (Lipinski definition) is 4. The Labute approximate surface area is 883 Å². The lowest BCUT2D eigenvalue weighted by molar-refractivity contribution is -0.179. The fraction of sp³-hybridized carbons (Fsp3) is 0.783. The molecule has 0 aliphatic carbocycles. The van der Waals surface area contributed by atoms with Crippen LogP contribution in [0.15, 0.2) is 54.6 Å². The molecule has 8 atom stereocenters. The van der Waals surface area contributed by atoms with Crippen molar-refractivity contribution in [2.45, 2.75) is 175 Å². The van der Waals surface area contributed by atoms with Gasteiger partial charge in [0.05, 0.1) is 340 Å². The molecule has 42 heteroatoms. The molecule has 0 aromatic heterocycles. The van der Waals surface area contributed by atoms with Crippen LogP contribution in [0.4, 0.5) is 0 Å². The summed E-state index contributed by atoms with van der Waals surface area (Å²) >= 11 is 6.43. The van der Waals surface area contributed by atoms with E-state index in [1.54, 1.807) is 45.2 Å². The van der Waals surface area contributed by atoms with Gasteiger partial charge in [-0.15, -0.1) is 0 Å². The van der Waals surface area contributed by atoms with Crippen LogP contribution < -0.4 is 26.0 Å². The summed E-state index contributed by atoms with van der Waals surface area (Å²) in [6.45, 7) is 35.4. The molecule has 0 unspecified atom stereocenters. The zero-order valence-corrected chi connectivity index (χ0v) is 90.5. The van der Waals surface area contributed by atoms with Gasteiger partial charge in [0, 0.05) is 78.4 Å². The first-order valence-corrected chi connectivity index (χ1v) is 52.9. The number of carbonyl (C=O) groups excluding carboxylic acids is 9. The number of Topliss-reactive ketones (excluding diaryl/α,β-unsaturated/α-hetero) is 3. The van der Waals surface area contributed by atoms with Crippen LogP contribution in [0, 0.1) is 29.1 Å². The Morgan fingerprint density at radius 1 is 0.466 bits per heavy atom. The Morgan fingerprint density at radius 3 is 1.24 bits per heavy atom. The third-order valence-electron chi connectivity index (χ3n) is 22.8. The zero-order chi connectivity index (χ0) is 107. The monoisotopic (exact) mass is 2140 g/mol. The van der Waals surface area contributed by atoms with E-state index in [1.165, 1.54) is 20.1 Å². The fourth-order valence-corrected chi connectivity index (χ4v) is 14.6. The second-order valence-corrected chi connectivity index (χ2v) is 36.9. The normalized spacial score (nSPS) is 17.0. The number of nitrogens with one attached hydrogen (secondary N) is 4. The Balaban J connectivity index is 0.0000570. The number of unbranched alkanes of at least 4 members (excludes halogenated alkanes) is 1. The van der Waals surface area contributed by atoms with Crippen LogP contribution in [-0.2, 0) is 184 Å². The number of halogens is 1. The molecular weight excluding hydrogens is 1960 g/mol. The molecule has 0 spiro atoms. The maximum atomic E-state index is 14.3. The molecule has 0 saturated carbocycles. The van der Waals surface area contributed by atoms with E-state index in [-0.39, 0.29) is 107 Å². The van der Waals surface area contributed by atoms with Gasteiger partial charge in [-0.2, -0.15) is 0 Å². The smallest absolute Gasteiger partial charge is 0.347 e. The maximum Gasteiger partial charge on any atom is 0.347 e. The molecule has 2 aliphatic rings. The molecule has 852 valence electrons. The van der Waals surface area contributed by atoms with E-state index in [0.717, 1.165) is 11.1 Å². The summed E-state index contributed by atoms with van der Waals surface area (Å²) < 4.78 is 156. The quantitative estimate of drug-likeness (QED) is 0.0276. The number of hydrogen-bond acceptors (Lipinski definition) is 37. The highest BCUT2D eigenvalue weighted by atomic mass is 35.5. The van der Waals surface area contributed by atoms with E-state index >= 15 is 0 Å². The Hall–Kier alpha value is -6.90. The lowest BCUT2D eigenvalue weighted by atomic mass is 9.85. The number of methoxy groups -OCH3 is 2. The number of ether oxygens (including phenoxy) is 28. The van der Waals surface area contributed by atoms with Gasteiger partial charge >= 0.3 is 11.9 Å². The summed E-state index contributed by atoms with van der Waals surface area (Å²) in [5.74, 6) is -4.57. The van der Waals surface area contributed by atoms with Crippen molar-refractivity contribution in [3.8, 4) is 5.75 Å². The van der Waals surface area contributed by atoms with Crippen molar-refractivity contribution in [3.05, 3.63) is 76.3 Å². The molecule has 41 nitrogen and oxygen atoms in total. The number of ketones is 3. The van der Waals surface area contributed by atoms with Crippen molar-refractivity contribution < 1.29 is 177 Å². The lowest BCUT2D eigenvalue weighted by Gasteiger charge is -2.29. The van der Waals surface area contributed by atoms with E-state index in [2.05, 4.69) is 21.3 Å². The minimum absolute atomic E-state index is 0. The van der Waals surface area contributed by atoms with Crippen molar-refractivity contribution in [3.63, 3.8) is 0 Å². The average molecular weight is 2140 g/mol. The maximum absolute atomic E-state index is 14.3. The van der Waals surface area contributed by atoms with Gasteiger partial charge in [0.15, 0.2) is 11.9 Å². The summed E-state index contributed by atoms with van der Waals surface area (Å²) in [5.41, 5.74) is 1.05. The second-order valence-electron chi connectivity index (χ2n) is 36.4. The van der Waals surface area contributed by atoms with E-state index in [0.29, 0.717) is 359 Å². The Bertz CT molecular complexity index is 3770. The highest BCUT2D eigenvalue weighted by Crippen LogP contribution is 2.45. The number of esters is 2. The average Bonchev–Trinajstić information content (AvgIpc) is 1.63. The van der Waals surface area contributed by atoms with Gasteiger partial charge in [0.1, 0.15) is 35.6 Å². The molecule has 0 bridgehead atoms. The minimum Gasteiger partial charge on any atom is -0.495 e. The molecular formula is C106H179ClN4O37. The first kappa shape index (κ1) is 133. The predicted octanol–water partition coefficient (Wildman–Crippen LogP) is 8.05. The minimum atomic E-state index is -1.30. The largest absolute Gasteiger partial charge is 0.495 e. The molecule has 4 amide bonds. The SMILES string of the molecule is COCCOCCOCCOCCOCCOCCOCCOCCOCCOCCOCCOCCOCCOCCOCCOCCOCCOCCOCCOCCOCCOCCOCCOCCC(=O)NCCCC[C@H](CC(=O)[C@@H](NC(=O)CCCC(C)=O)C(C)C)C(=O)CCc1ccc([C@H]2O[C@@H]2[C@@H](C)[C@@H]2C/C=C/C(=O)N[C@H](Cc3ccc(OC)c(Cl)c3)C(=O)NCC(C)(C)C(=O)O[C@@H](CC(C)C)C(=O)O2)cc1.[HH]. The van der Waals surface area contributed by atoms with Crippen molar-refractivity contribution in [2.75, 3.05) is 338 Å². The first-order valence-electron chi connectivity index (χ1n) is 52.5. The van der Waals surface area contributed by atoms with E-state index in [9.17, 15) is 43.2 Å². The molecule has 2 heterocycles. The summed E-state index contributed by atoms with van der Waals surface area (Å²) in [7, 11) is 3.13. The summed E-state index contributed by atoms with van der Waals surface area (Å²) in [6.07, 6.45) is 2.89. The van der Waals surface area contributed by atoms with Gasteiger partial charge in [0.25, 0.3) is 0 Å². The van der Waals surface area contributed by atoms with E-state index in [1.807, 2.05) is 58.9 Å².